The first kappa shape index (κ1) is 35.0. The van der Waals surface area contributed by atoms with Crippen molar-refractivity contribution in [3.63, 3.8) is 0 Å². The fourth-order valence-corrected chi connectivity index (χ4v) is 11.1. The lowest BCUT2D eigenvalue weighted by Crippen LogP contribution is -2.40. The van der Waals surface area contributed by atoms with Crippen LogP contribution < -0.4 is 16.0 Å². The highest BCUT2D eigenvalue weighted by atomic mass is 16.3. The molecule has 8 aromatic rings. The van der Waals surface area contributed by atoms with Crippen LogP contribution in [0.15, 0.2) is 101 Å². The van der Waals surface area contributed by atoms with Crippen molar-refractivity contribution in [2.45, 2.75) is 110 Å². The standard InChI is InChI=1S/C53H53BN2O/c1-30-23-37(35-16-12-15-34-36-25-31-13-10-11-14-32(31)26-43(36)55-47(34)35)46-44(24-30)56(33-17-18-39-40(27-33)51(4,5)20-19-50(39,2)3)48-38-28-41-42(29-45(38)57-49(48)54-46)53(8,9)22-21-52(41,6)7/h10-18,23-29,54-55H,19-22H2,1-9H3. The summed E-state index contributed by atoms with van der Waals surface area (Å²) in [5, 5.41) is 6.27. The van der Waals surface area contributed by atoms with E-state index in [2.05, 4.69) is 169 Å². The van der Waals surface area contributed by atoms with E-state index in [-0.39, 0.29) is 21.7 Å². The van der Waals surface area contributed by atoms with Crippen molar-refractivity contribution in [2.75, 3.05) is 4.90 Å². The summed E-state index contributed by atoms with van der Waals surface area (Å²) in [4.78, 5) is 6.49. The maximum atomic E-state index is 7.16. The zero-order chi connectivity index (χ0) is 39.4. The van der Waals surface area contributed by atoms with Crippen molar-refractivity contribution in [1.82, 2.24) is 4.98 Å². The molecular weight excluding hydrogens is 691 g/mol. The van der Waals surface area contributed by atoms with Crippen molar-refractivity contribution in [1.29, 1.82) is 0 Å². The average Bonchev–Trinajstić information content (AvgIpc) is 3.73. The van der Waals surface area contributed by atoms with E-state index in [1.165, 1.54) is 125 Å². The van der Waals surface area contributed by atoms with Crippen LogP contribution in [0, 0.1) is 6.92 Å². The van der Waals surface area contributed by atoms with Crippen LogP contribution in [0.2, 0.25) is 0 Å². The summed E-state index contributed by atoms with van der Waals surface area (Å²) in [7, 11) is 0.729. The van der Waals surface area contributed by atoms with Crippen molar-refractivity contribution < 1.29 is 4.42 Å². The highest BCUT2D eigenvalue weighted by Gasteiger charge is 2.41. The van der Waals surface area contributed by atoms with Crippen molar-refractivity contribution in [3.8, 4) is 11.1 Å². The summed E-state index contributed by atoms with van der Waals surface area (Å²) in [5.41, 5.74) is 19.4. The maximum Gasteiger partial charge on any atom is 0.244 e. The zero-order valence-corrected chi connectivity index (χ0v) is 35.1. The molecule has 57 heavy (non-hydrogen) atoms. The Hall–Kier alpha value is -5.22. The molecule has 0 unspecified atom stereocenters. The number of furan rings is 1. The van der Waals surface area contributed by atoms with Gasteiger partial charge in [0.2, 0.25) is 7.28 Å². The second kappa shape index (κ2) is 11.5. The lowest BCUT2D eigenvalue weighted by Gasteiger charge is -2.43. The first-order valence-corrected chi connectivity index (χ1v) is 21.2. The largest absolute Gasteiger partial charge is 0.469 e. The summed E-state index contributed by atoms with van der Waals surface area (Å²) in [6.45, 7) is 21.7. The van der Waals surface area contributed by atoms with Gasteiger partial charge in [-0.2, -0.15) is 0 Å². The Balaban J connectivity index is 1.19. The number of H-pyrrole nitrogens is 1. The smallest absolute Gasteiger partial charge is 0.244 e. The number of benzene rings is 6. The van der Waals surface area contributed by atoms with Gasteiger partial charge in [0.25, 0.3) is 0 Å². The SMILES string of the molecule is Cc1cc(-c2cccc3c2[nH]c2cc4ccccc4cc23)c2c(c1)N(c1ccc3c(c1)C(C)(C)CCC3(C)C)c1c(oc3cc4c(cc13)C(C)(C)CCC4(C)C)B2. The number of para-hydroxylation sites is 1. The molecule has 3 heterocycles. The Morgan fingerprint density at radius 3 is 1.95 bits per heavy atom. The van der Waals surface area contributed by atoms with E-state index in [1.807, 2.05) is 0 Å². The molecule has 0 atom stereocenters. The first-order chi connectivity index (χ1) is 27.1. The van der Waals surface area contributed by atoms with Crippen LogP contribution in [-0.2, 0) is 21.7 Å². The summed E-state index contributed by atoms with van der Waals surface area (Å²) >= 11 is 0. The minimum Gasteiger partial charge on any atom is -0.469 e. The lowest BCUT2D eigenvalue weighted by molar-refractivity contribution is 0.332. The average molecular weight is 745 g/mol. The van der Waals surface area contributed by atoms with Gasteiger partial charge in [0.15, 0.2) is 0 Å². The Morgan fingerprint density at radius 1 is 0.579 bits per heavy atom. The molecule has 6 aromatic carbocycles. The molecule has 4 heteroatoms. The van der Waals surface area contributed by atoms with E-state index in [0.717, 1.165) is 18.5 Å². The molecule has 1 aliphatic heterocycles. The summed E-state index contributed by atoms with van der Waals surface area (Å²) in [6.07, 6.45) is 4.73. The summed E-state index contributed by atoms with van der Waals surface area (Å²) in [5.74, 6) is 0. The van der Waals surface area contributed by atoms with Gasteiger partial charge in [-0.1, -0.05) is 110 Å². The number of rotatable bonds is 2. The van der Waals surface area contributed by atoms with Gasteiger partial charge < -0.3 is 14.3 Å². The maximum absolute atomic E-state index is 7.16. The Morgan fingerprint density at radius 2 is 1.23 bits per heavy atom. The topological polar surface area (TPSA) is 32.2 Å². The van der Waals surface area contributed by atoms with E-state index in [9.17, 15) is 0 Å². The number of aromatic nitrogens is 1. The fourth-order valence-electron chi connectivity index (χ4n) is 11.1. The van der Waals surface area contributed by atoms with Gasteiger partial charge in [-0.25, -0.2) is 0 Å². The molecule has 2 aromatic heterocycles. The van der Waals surface area contributed by atoms with Crippen LogP contribution in [-0.4, -0.2) is 12.3 Å². The lowest BCUT2D eigenvalue weighted by atomic mass is 9.60. The van der Waals surface area contributed by atoms with Crippen LogP contribution >= 0.6 is 0 Å². The molecule has 0 saturated heterocycles. The summed E-state index contributed by atoms with van der Waals surface area (Å²) < 4.78 is 7.16. The minimum absolute atomic E-state index is 0.0866. The van der Waals surface area contributed by atoms with Crippen molar-refractivity contribution in [2.24, 2.45) is 0 Å². The van der Waals surface area contributed by atoms with Gasteiger partial charge in [0, 0.05) is 38.6 Å². The molecule has 0 fully saturated rings. The number of aryl methyl sites for hydroxylation is 1. The number of fused-ring (bicyclic) bond motifs is 10. The van der Waals surface area contributed by atoms with Gasteiger partial charge in [0.1, 0.15) is 5.58 Å². The number of nitrogens with one attached hydrogen (secondary N) is 1. The molecular formula is C53H53BN2O. The van der Waals surface area contributed by atoms with Gasteiger partial charge in [-0.15, -0.1) is 0 Å². The normalized spacial score (nSPS) is 18.6. The molecule has 2 aliphatic carbocycles. The first-order valence-electron chi connectivity index (χ1n) is 21.2. The predicted octanol–water partition coefficient (Wildman–Crippen LogP) is 13.1. The van der Waals surface area contributed by atoms with Gasteiger partial charge in [-0.05, 0) is 146 Å². The van der Waals surface area contributed by atoms with Crippen molar-refractivity contribution in [3.05, 3.63) is 125 Å². The van der Waals surface area contributed by atoms with Crippen LogP contribution in [0.5, 0.6) is 0 Å². The molecule has 0 saturated carbocycles. The number of nitrogens with zero attached hydrogens (tertiary/aromatic N) is 1. The molecule has 0 spiro atoms. The fraction of sp³-hybridized carbons (Fsp3) is 0.321. The number of hydrogen-bond donors (Lipinski definition) is 1. The van der Waals surface area contributed by atoms with E-state index in [0.29, 0.717) is 0 Å². The van der Waals surface area contributed by atoms with Crippen LogP contribution in [0.25, 0.3) is 54.7 Å². The molecule has 0 radical (unpaired) electrons. The van der Waals surface area contributed by atoms with Crippen LogP contribution in [0.1, 0.15) is 109 Å². The van der Waals surface area contributed by atoms with E-state index < -0.39 is 0 Å². The zero-order valence-electron chi connectivity index (χ0n) is 35.1. The van der Waals surface area contributed by atoms with E-state index >= 15 is 0 Å². The van der Waals surface area contributed by atoms with Crippen LogP contribution in [0.3, 0.4) is 0 Å². The highest BCUT2D eigenvalue weighted by Crippen LogP contribution is 2.52. The third-order valence-electron chi connectivity index (χ3n) is 14.8. The number of aromatic amines is 1. The minimum atomic E-state index is 0.0866. The van der Waals surface area contributed by atoms with Gasteiger partial charge in [0.05, 0.1) is 16.9 Å². The molecule has 3 aliphatic rings. The Kier molecular flexibility index (Phi) is 7.04. The summed E-state index contributed by atoms with van der Waals surface area (Å²) in [6, 6.07) is 37.3. The van der Waals surface area contributed by atoms with E-state index in [4.69, 9.17) is 4.42 Å². The second-order valence-corrected chi connectivity index (χ2v) is 20.5. The predicted molar refractivity (Wildman–Crippen MR) is 245 cm³/mol. The number of anilines is 3. The van der Waals surface area contributed by atoms with E-state index in [1.54, 1.807) is 0 Å². The highest BCUT2D eigenvalue weighted by molar-refractivity contribution is 6.72. The van der Waals surface area contributed by atoms with Gasteiger partial charge >= 0.3 is 0 Å². The molecule has 0 amide bonds. The molecule has 0 bridgehead atoms. The monoisotopic (exact) mass is 744 g/mol. The van der Waals surface area contributed by atoms with Crippen molar-refractivity contribution >= 4 is 79.0 Å². The molecule has 3 nitrogen and oxygen atoms in total. The quantitative estimate of drug-likeness (QED) is 0.179. The Labute approximate surface area is 337 Å². The third-order valence-corrected chi connectivity index (χ3v) is 14.8. The number of hydrogen-bond acceptors (Lipinski definition) is 2. The molecule has 11 rings (SSSR count). The van der Waals surface area contributed by atoms with Crippen LogP contribution in [0.4, 0.5) is 17.1 Å². The second-order valence-electron chi connectivity index (χ2n) is 20.5. The third kappa shape index (κ3) is 5.04. The molecule has 1 N–H and O–H groups in total. The molecule has 284 valence electrons. The Bertz CT molecular complexity index is 3020. The van der Waals surface area contributed by atoms with Gasteiger partial charge in [-0.3, -0.25) is 0 Å².